The van der Waals surface area contributed by atoms with Crippen molar-refractivity contribution in [2.75, 3.05) is 18.4 Å². The zero-order valence-electron chi connectivity index (χ0n) is 17.4. The lowest BCUT2D eigenvalue weighted by atomic mass is 9.88. The summed E-state index contributed by atoms with van der Waals surface area (Å²) >= 11 is 0. The third-order valence-electron chi connectivity index (χ3n) is 6.23. The first kappa shape index (κ1) is 19.7. The van der Waals surface area contributed by atoms with Gasteiger partial charge in [0.25, 0.3) is 0 Å². The van der Waals surface area contributed by atoms with Crippen LogP contribution in [0.4, 0.5) is 5.82 Å². The second kappa shape index (κ2) is 8.42. The summed E-state index contributed by atoms with van der Waals surface area (Å²) in [5.41, 5.74) is 4.65. The van der Waals surface area contributed by atoms with Crippen molar-refractivity contribution in [3.8, 4) is 29.4 Å². The molecule has 1 atom stereocenters. The minimum atomic E-state index is 0.170. The lowest BCUT2D eigenvalue weighted by Gasteiger charge is -2.36. The monoisotopic (exact) mass is 390 g/mol. The molecule has 4 rings (SSSR count). The van der Waals surface area contributed by atoms with E-state index in [2.05, 4.69) is 40.2 Å². The molecule has 1 aromatic carbocycles. The normalized spacial score (nSPS) is 19.6. The molecular formula is C24H30N4O. The van der Waals surface area contributed by atoms with Crippen LogP contribution in [0.2, 0.25) is 0 Å². The number of phenols is 1. The first-order valence-electron chi connectivity index (χ1n) is 10.8. The number of aromatic hydroxyl groups is 1. The molecule has 2 heterocycles. The van der Waals surface area contributed by atoms with Gasteiger partial charge in [-0.3, -0.25) is 4.90 Å². The Morgan fingerprint density at radius 3 is 2.69 bits per heavy atom. The Bertz CT molecular complexity index is 931. The number of nitrogens with one attached hydrogen (secondary N) is 1. The third kappa shape index (κ3) is 4.09. The molecule has 152 valence electrons. The predicted octanol–water partition coefficient (Wildman–Crippen LogP) is 3.99. The molecule has 5 heteroatoms. The number of terminal acetylenes is 1. The Balaban J connectivity index is 1.65. The number of aromatic nitrogens is 2. The lowest BCUT2D eigenvalue weighted by molar-refractivity contribution is 0.174. The number of hydrogen-bond donors (Lipinski definition) is 2. The average Bonchev–Trinajstić information content (AvgIpc) is 2.74. The van der Waals surface area contributed by atoms with Crippen LogP contribution in [-0.4, -0.2) is 45.4 Å². The molecule has 1 aromatic heterocycles. The van der Waals surface area contributed by atoms with Gasteiger partial charge in [-0.15, -0.1) is 16.6 Å². The minimum Gasteiger partial charge on any atom is -0.507 e. The van der Waals surface area contributed by atoms with E-state index in [1.54, 1.807) is 6.07 Å². The van der Waals surface area contributed by atoms with E-state index in [0.717, 1.165) is 50.2 Å². The van der Waals surface area contributed by atoms with Crippen LogP contribution in [-0.2, 0) is 12.8 Å². The topological polar surface area (TPSA) is 61.3 Å². The molecule has 0 unspecified atom stereocenters. The second-order valence-electron chi connectivity index (χ2n) is 8.51. The summed E-state index contributed by atoms with van der Waals surface area (Å²) in [6.45, 7) is 6.74. The van der Waals surface area contributed by atoms with E-state index in [0.29, 0.717) is 23.2 Å². The highest BCUT2D eigenvalue weighted by Gasteiger charge is 2.26. The number of hydrogen-bond acceptors (Lipinski definition) is 5. The highest BCUT2D eigenvalue weighted by Crippen LogP contribution is 2.37. The molecule has 1 saturated heterocycles. The quantitative estimate of drug-likeness (QED) is 0.773. The Kier molecular flexibility index (Phi) is 5.73. The maximum Gasteiger partial charge on any atom is 0.152 e. The van der Waals surface area contributed by atoms with Crippen LogP contribution >= 0.6 is 0 Å². The van der Waals surface area contributed by atoms with E-state index < -0.39 is 0 Å². The molecule has 0 saturated carbocycles. The van der Waals surface area contributed by atoms with Gasteiger partial charge in [-0.05, 0) is 82.7 Å². The third-order valence-corrected chi connectivity index (χ3v) is 6.23. The molecule has 29 heavy (non-hydrogen) atoms. The predicted molar refractivity (Wildman–Crippen MR) is 117 cm³/mol. The largest absolute Gasteiger partial charge is 0.507 e. The summed E-state index contributed by atoms with van der Waals surface area (Å²) in [6.07, 6.45) is 12.1. The van der Waals surface area contributed by atoms with E-state index in [-0.39, 0.29) is 5.75 Å². The summed E-state index contributed by atoms with van der Waals surface area (Å²) in [5.74, 6) is 3.66. The Hall–Kier alpha value is -2.58. The number of phenolic OH excluding ortho intramolecular Hbond substituents is 1. The van der Waals surface area contributed by atoms with E-state index in [4.69, 9.17) is 6.42 Å². The van der Waals surface area contributed by atoms with Gasteiger partial charge >= 0.3 is 0 Å². The summed E-state index contributed by atoms with van der Waals surface area (Å²) < 4.78 is 0. The fourth-order valence-corrected chi connectivity index (χ4v) is 4.59. The van der Waals surface area contributed by atoms with Gasteiger partial charge in [0.15, 0.2) is 5.82 Å². The van der Waals surface area contributed by atoms with Crippen LogP contribution in [0, 0.1) is 12.3 Å². The van der Waals surface area contributed by atoms with Gasteiger partial charge in [-0.25, -0.2) is 0 Å². The Morgan fingerprint density at radius 2 is 1.97 bits per heavy atom. The zero-order chi connectivity index (χ0) is 20.4. The van der Waals surface area contributed by atoms with Crippen LogP contribution in [0.3, 0.4) is 0 Å². The van der Waals surface area contributed by atoms with Crippen LogP contribution in [0.1, 0.15) is 56.2 Å². The molecule has 1 aliphatic carbocycles. The maximum absolute atomic E-state index is 10.5. The van der Waals surface area contributed by atoms with Crippen molar-refractivity contribution in [3.05, 3.63) is 34.9 Å². The molecule has 2 aromatic rings. The number of likely N-dealkylation sites (tertiary alicyclic amines) is 1. The maximum atomic E-state index is 10.5. The molecule has 1 aliphatic heterocycles. The molecule has 0 radical (unpaired) electrons. The fraction of sp³-hybridized carbons (Fsp3) is 0.500. The van der Waals surface area contributed by atoms with Crippen LogP contribution < -0.4 is 5.32 Å². The van der Waals surface area contributed by atoms with Crippen LogP contribution in [0.25, 0.3) is 11.3 Å². The van der Waals surface area contributed by atoms with Gasteiger partial charge in [-0.1, -0.05) is 5.92 Å². The zero-order valence-corrected chi connectivity index (χ0v) is 17.4. The van der Waals surface area contributed by atoms with Gasteiger partial charge in [0.05, 0.1) is 0 Å². The first-order chi connectivity index (χ1) is 14.1. The van der Waals surface area contributed by atoms with Crippen molar-refractivity contribution < 1.29 is 5.11 Å². The van der Waals surface area contributed by atoms with E-state index >= 15 is 0 Å². The number of nitrogens with zero attached hydrogens (tertiary/aromatic N) is 3. The number of piperidine rings is 1. The van der Waals surface area contributed by atoms with Gasteiger partial charge in [0.2, 0.25) is 0 Å². The summed E-state index contributed by atoms with van der Waals surface area (Å²) in [4.78, 5) is 2.53. The Morgan fingerprint density at radius 1 is 1.17 bits per heavy atom. The van der Waals surface area contributed by atoms with E-state index in [1.165, 1.54) is 24.1 Å². The SMILES string of the molecule is C#Cc1ccc(-c2nnc(N[C@@H]3CCCN(C(C)C)C3)c3c2CCCC3)c(O)c1. The average molecular weight is 391 g/mol. The highest BCUT2D eigenvalue weighted by molar-refractivity contribution is 5.73. The van der Waals surface area contributed by atoms with Gasteiger partial charge in [0.1, 0.15) is 11.4 Å². The second-order valence-corrected chi connectivity index (χ2v) is 8.51. The minimum absolute atomic E-state index is 0.170. The number of rotatable bonds is 4. The van der Waals surface area contributed by atoms with Crippen LogP contribution in [0.5, 0.6) is 5.75 Å². The smallest absolute Gasteiger partial charge is 0.152 e. The van der Waals surface area contributed by atoms with Crippen molar-refractivity contribution in [2.24, 2.45) is 0 Å². The molecule has 2 aliphatic rings. The van der Waals surface area contributed by atoms with Gasteiger partial charge < -0.3 is 10.4 Å². The molecule has 0 bridgehead atoms. The van der Waals surface area contributed by atoms with Crippen molar-refractivity contribution in [1.82, 2.24) is 15.1 Å². The Labute approximate surface area is 173 Å². The van der Waals surface area contributed by atoms with Crippen molar-refractivity contribution >= 4 is 5.82 Å². The molecule has 1 fully saturated rings. The summed E-state index contributed by atoms with van der Waals surface area (Å²) in [7, 11) is 0. The van der Waals surface area contributed by atoms with Crippen molar-refractivity contribution in [1.29, 1.82) is 0 Å². The molecule has 0 amide bonds. The van der Waals surface area contributed by atoms with E-state index in [9.17, 15) is 5.11 Å². The number of benzene rings is 1. The van der Waals surface area contributed by atoms with Crippen molar-refractivity contribution in [2.45, 2.75) is 64.5 Å². The number of fused-ring (bicyclic) bond motifs is 1. The molecular weight excluding hydrogens is 360 g/mol. The standard InChI is InChI=1S/C24H30N4O/c1-4-17-11-12-21(22(29)14-17)23-19-9-5-6-10-20(19)24(27-26-23)25-18-8-7-13-28(15-18)16(2)3/h1,11-12,14,16,18,29H,5-10,13,15H2,2-3H3,(H,25,27)/t18-/m1/s1. The highest BCUT2D eigenvalue weighted by atomic mass is 16.3. The van der Waals surface area contributed by atoms with Crippen LogP contribution in [0.15, 0.2) is 18.2 Å². The summed E-state index contributed by atoms with van der Waals surface area (Å²) in [6, 6.07) is 6.30. The van der Waals surface area contributed by atoms with E-state index in [1.807, 2.05) is 12.1 Å². The molecule has 5 nitrogen and oxygen atoms in total. The van der Waals surface area contributed by atoms with Gasteiger partial charge in [-0.2, -0.15) is 0 Å². The van der Waals surface area contributed by atoms with Crippen molar-refractivity contribution in [3.63, 3.8) is 0 Å². The fourth-order valence-electron chi connectivity index (χ4n) is 4.59. The molecule has 0 spiro atoms. The number of anilines is 1. The lowest BCUT2D eigenvalue weighted by Crippen LogP contribution is -2.45. The first-order valence-corrected chi connectivity index (χ1v) is 10.8. The summed E-state index contributed by atoms with van der Waals surface area (Å²) in [5, 5.41) is 23.4. The molecule has 2 N–H and O–H groups in total. The van der Waals surface area contributed by atoms with Gasteiger partial charge in [0, 0.05) is 35.3 Å².